The fourth-order valence-electron chi connectivity index (χ4n) is 2.96. The zero-order valence-corrected chi connectivity index (χ0v) is 15.9. The SMILES string of the molecule is CC1CC(=O)C(=C(O)c2ccc(Cl)c(CN(C)CC(F)F)c2Cl)C(=O)C1. The highest BCUT2D eigenvalue weighted by atomic mass is 35.5. The predicted molar refractivity (Wildman–Crippen MR) is 96.8 cm³/mol. The zero-order valence-electron chi connectivity index (χ0n) is 14.4. The minimum atomic E-state index is -2.52. The van der Waals surface area contributed by atoms with E-state index in [1.54, 1.807) is 6.92 Å². The smallest absolute Gasteiger partial charge is 0.251 e. The average Bonchev–Trinajstić information content (AvgIpc) is 2.49. The summed E-state index contributed by atoms with van der Waals surface area (Å²) in [7, 11) is 1.49. The number of aliphatic hydroxyl groups is 1. The molecular weight excluding hydrogens is 387 g/mol. The summed E-state index contributed by atoms with van der Waals surface area (Å²) in [5.41, 5.74) is 0.159. The third-order valence-electron chi connectivity index (χ3n) is 4.18. The van der Waals surface area contributed by atoms with E-state index in [9.17, 15) is 23.5 Å². The number of aliphatic hydroxyl groups excluding tert-OH is 1. The summed E-state index contributed by atoms with van der Waals surface area (Å²) in [4.78, 5) is 25.7. The molecule has 1 aromatic rings. The Kier molecular flexibility index (Phi) is 6.77. The largest absolute Gasteiger partial charge is 0.506 e. The van der Waals surface area contributed by atoms with Crippen LogP contribution in [0.5, 0.6) is 0 Å². The molecule has 1 aromatic carbocycles. The van der Waals surface area contributed by atoms with Crippen LogP contribution in [0.1, 0.15) is 30.9 Å². The van der Waals surface area contributed by atoms with Crippen molar-refractivity contribution in [1.29, 1.82) is 0 Å². The van der Waals surface area contributed by atoms with Crippen molar-refractivity contribution in [2.45, 2.75) is 32.7 Å². The van der Waals surface area contributed by atoms with E-state index in [1.165, 1.54) is 24.1 Å². The third kappa shape index (κ3) is 4.61. The summed E-state index contributed by atoms with van der Waals surface area (Å²) in [5.74, 6) is -1.45. The van der Waals surface area contributed by atoms with Crippen molar-refractivity contribution in [3.8, 4) is 0 Å². The van der Waals surface area contributed by atoms with Gasteiger partial charge in [0.15, 0.2) is 11.6 Å². The van der Waals surface area contributed by atoms with E-state index in [1.807, 2.05) is 0 Å². The van der Waals surface area contributed by atoms with E-state index in [-0.39, 0.29) is 46.5 Å². The van der Waals surface area contributed by atoms with Crippen molar-refractivity contribution in [2.75, 3.05) is 13.6 Å². The van der Waals surface area contributed by atoms with Crippen LogP contribution < -0.4 is 0 Å². The Morgan fingerprint density at radius 2 is 1.85 bits per heavy atom. The van der Waals surface area contributed by atoms with Crippen LogP contribution in [0.2, 0.25) is 10.0 Å². The lowest BCUT2D eigenvalue weighted by Gasteiger charge is -2.21. The molecule has 1 N–H and O–H groups in total. The molecule has 0 spiro atoms. The lowest BCUT2D eigenvalue weighted by Crippen LogP contribution is -2.26. The number of hydrogen-bond donors (Lipinski definition) is 1. The van der Waals surface area contributed by atoms with Crippen molar-refractivity contribution in [3.05, 3.63) is 38.9 Å². The molecule has 0 aromatic heterocycles. The molecule has 0 heterocycles. The van der Waals surface area contributed by atoms with Crippen molar-refractivity contribution < 1.29 is 23.5 Å². The number of alkyl halides is 2. The summed E-state index contributed by atoms with van der Waals surface area (Å²) in [6, 6.07) is 2.85. The molecule has 1 fully saturated rings. The van der Waals surface area contributed by atoms with Crippen LogP contribution in [0.15, 0.2) is 17.7 Å². The maximum absolute atomic E-state index is 12.5. The number of carbonyl (C=O) groups is 2. The molecule has 142 valence electrons. The Morgan fingerprint density at radius 3 is 2.38 bits per heavy atom. The molecule has 4 nitrogen and oxygen atoms in total. The van der Waals surface area contributed by atoms with Gasteiger partial charge in [-0.15, -0.1) is 0 Å². The molecule has 1 aliphatic carbocycles. The zero-order chi connectivity index (χ0) is 19.6. The first kappa shape index (κ1) is 20.8. The minimum absolute atomic E-state index is 0.0252. The van der Waals surface area contributed by atoms with E-state index in [0.29, 0.717) is 5.56 Å². The average molecular weight is 406 g/mol. The van der Waals surface area contributed by atoms with Crippen molar-refractivity contribution in [1.82, 2.24) is 4.90 Å². The molecule has 0 amide bonds. The van der Waals surface area contributed by atoms with E-state index >= 15 is 0 Å². The fourth-order valence-corrected chi connectivity index (χ4v) is 3.54. The normalized spacial score (nSPS) is 18.2. The first-order chi connectivity index (χ1) is 12.1. The highest BCUT2D eigenvalue weighted by Gasteiger charge is 2.32. The van der Waals surface area contributed by atoms with E-state index in [4.69, 9.17) is 23.2 Å². The maximum atomic E-state index is 12.5. The molecule has 1 saturated carbocycles. The van der Waals surface area contributed by atoms with Crippen LogP contribution in [-0.2, 0) is 16.1 Å². The number of Topliss-reactive ketones (excluding diaryl/α,β-unsaturated/α-hetero) is 2. The molecule has 0 aliphatic heterocycles. The monoisotopic (exact) mass is 405 g/mol. The van der Waals surface area contributed by atoms with Crippen LogP contribution in [0, 0.1) is 5.92 Å². The number of ketones is 2. The number of benzene rings is 1. The predicted octanol–water partition coefficient (Wildman–Crippen LogP) is 4.53. The highest BCUT2D eigenvalue weighted by molar-refractivity contribution is 6.37. The molecule has 2 rings (SSSR count). The standard InChI is InChI=1S/C18H19Cl2F2NO3/c1-9-5-13(24)16(14(25)6-9)18(26)10-3-4-12(19)11(17(10)20)7-23(2)8-15(21)22/h3-4,9,15,26H,5-8H2,1-2H3. The Morgan fingerprint density at radius 1 is 1.27 bits per heavy atom. The summed E-state index contributed by atoms with van der Waals surface area (Å²) in [6.07, 6.45) is -2.18. The molecule has 1 aliphatic rings. The number of nitrogens with zero attached hydrogens (tertiary/aromatic N) is 1. The van der Waals surface area contributed by atoms with Gasteiger partial charge in [0.2, 0.25) is 0 Å². The number of allylic oxidation sites excluding steroid dienone is 1. The summed E-state index contributed by atoms with van der Waals surface area (Å²) in [5, 5.41) is 10.8. The Hall–Kier alpha value is -1.50. The number of halogens is 4. The van der Waals surface area contributed by atoms with Gasteiger partial charge < -0.3 is 5.11 Å². The second-order valence-corrected chi connectivity index (χ2v) is 7.34. The van der Waals surface area contributed by atoms with Gasteiger partial charge in [0.1, 0.15) is 11.3 Å². The number of carbonyl (C=O) groups excluding carboxylic acids is 2. The van der Waals surface area contributed by atoms with Crippen molar-refractivity contribution in [3.63, 3.8) is 0 Å². The van der Waals surface area contributed by atoms with Crippen LogP contribution in [0.25, 0.3) is 5.76 Å². The van der Waals surface area contributed by atoms with Crippen LogP contribution in [-0.4, -0.2) is 41.6 Å². The quantitative estimate of drug-likeness (QED) is 0.444. The van der Waals surface area contributed by atoms with Gasteiger partial charge >= 0.3 is 0 Å². The Bertz CT molecular complexity index is 745. The topological polar surface area (TPSA) is 57.6 Å². The number of rotatable bonds is 5. The van der Waals surface area contributed by atoms with Gasteiger partial charge in [-0.2, -0.15) is 0 Å². The molecule has 8 heteroatoms. The molecule has 0 atom stereocenters. The van der Waals surface area contributed by atoms with Gasteiger partial charge in [-0.1, -0.05) is 30.1 Å². The fraction of sp³-hybridized carbons (Fsp3) is 0.444. The Labute approximate surface area is 160 Å². The molecular formula is C18H19Cl2F2NO3. The summed E-state index contributed by atoms with van der Waals surface area (Å²) >= 11 is 12.4. The van der Waals surface area contributed by atoms with E-state index in [0.717, 1.165) is 0 Å². The lowest BCUT2D eigenvalue weighted by atomic mass is 9.83. The summed E-state index contributed by atoms with van der Waals surface area (Å²) < 4.78 is 25.1. The van der Waals surface area contributed by atoms with Crippen LogP contribution in [0.3, 0.4) is 0 Å². The molecule has 0 radical (unpaired) electrons. The first-order valence-corrected chi connectivity index (χ1v) is 8.81. The van der Waals surface area contributed by atoms with Crippen molar-refractivity contribution in [2.24, 2.45) is 5.92 Å². The second kappa shape index (κ2) is 8.46. The van der Waals surface area contributed by atoms with Crippen molar-refractivity contribution >= 4 is 40.5 Å². The van der Waals surface area contributed by atoms with Gasteiger partial charge in [-0.3, -0.25) is 14.5 Å². The highest BCUT2D eigenvalue weighted by Crippen LogP contribution is 2.35. The van der Waals surface area contributed by atoms with Gasteiger partial charge in [-0.05, 0) is 25.1 Å². The maximum Gasteiger partial charge on any atom is 0.251 e. The second-order valence-electron chi connectivity index (χ2n) is 6.56. The van der Waals surface area contributed by atoms with Gasteiger partial charge in [0.25, 0.3) is 6.43 Å². The lowest BCUT2D eigenvalue weighted by molar-refractivity contribution is -0.125. The molecule has 0 saturated heterocycles. The van der Waals surface area contributed by atoms with Crippen LogP contribution >= 0.6 is 23.2 Å². The van der Waals surface area contributed by atoms with Gasteiger partial charge in [0.05, 0.1) is 11.6 Å². The third-order valence-corrected chi connectivity index (χ3v) is 4.97. The van der Waals surface area contributed by atoms with E-state index < -0.39 is 30.3 Å². The molecule has 0 unspecified atom stereocenters. The van der Waals surface area contributed by atoms with Gasteiger partial charge in [0, 0.05) is 35.5 Å². The van der Waals surface area contributed by atoms with E-state index in [2.05, 4.69) is 0 Å². The van der Waals surface area contributed by atoms with Crippen LogP contribution in [0.4, 0.5) is 8.78 Å². The van der Waals surface area contributed by atoms with Gasteiger partial charge in [-0.25, -0.2) is 8.78 Å². The Balaban J connectivity index is 2.44. The first-order valence-electron chi connectivity index (χ1n) is 8.05. The minimum Gasteiger partial charge on any atom is -0.506 e. The molecule has 0 bridgehead atoms. The summed E-state index contributed by atoms with van der Waals surface area (Å²) in [6.45, 7) is 1.34. The number of hydrogen-bond acceptors (Lipinski definition) is 4. The molecule has 26 heavy (non-hydrogen) atoms.